The molecule has 0 aromatic carbocycles. The molecule has 10 heavy (non-hydrogen) atoms. The lowest BCUT2D eigenvalue weighted by molar-refractivity contribution is 1.28. The first-order valence-electron chi connectivity index (χ1n) is 3.18. The molecule has 0 radical (unpaired) electrons. The van der Waals surface area contributed by atoms with Crippen molar-refractivity contribution in [2.45, 2.75) is 6.42 Å². The van der Waals surface area contributed by atoms with Gasteiger partial charge in [0.15, 0.2) is 0 Å². The summed E-state index contributed by atoms with van der Waals surface area (Å²) in [4.78, 5) is 6.77. The Bertz CT molecular complexity index is 238. The van der Waals surface area contributed by atoms with Crippen LogP contribution in [0.2, 0.25) is 0 Å². The van der Waals surface area contributed by atoms with Gasteiger partial charge in [0.25, 0.3) is 0 Å². The van der Waals surface area contributed by atoms with E-state index in [2.05, 4.69) is 11.1 Å². The predicted octanol–water partition coefficient (Wildman–Crippen LogP) is 2.62. The lowest BCUT2D eigenvalue weighted by atomic mass is 10.4. The smallest absolute Gasteiger partial charge is 0.0798 e. The summed E-state index contributed by atoms with van der Waals surface area (Å²) in [6, 6.07) is 0. The van der Waals surface area contributed by atoms with E-state index >= 15 is 0 Å². The Morgan fingerprint density at radius 1 is 1.50 bits per heavy atom. The topological polar surface area (TPSA) is 12.9 Å². The maximum atomic E-state index is 4.03. The number of allylic oxidation sites excluding steroid dienone is 1. The fourth-order valence-electron chi connectivity index (χ4n) is 0.927. The number of hydrogen-bond donors (Lipinski definition) is 0. The van der Waals surface area contributed by atoms with Crippen LogP contribution in [-0.2, 0) is 0 Å². The van der Waals surface area contributed by atoms with Crippen molar-refractivity contribution >= 4 is 28.0 Å². The highest BCUT2D eigenvalue weighted by molar-refractivity contribution is 8.08. The molecular formula is C7H7NS2. The van der Waals surface area contributed by atoms with E-state index in [-0.39, 0.29) is 0 Å². The second-order valence-corrected chi connectivity index (χ2v) is 4.09. The maximum absolute atomic E-state index is 4.03. The molecule has 0 N–H and O–H groups in total. The van der Waals surface area contributed by atoms with E-state index in [0.29, 0.717) is 0 Å². The molecule has 52 valence electrons. The molecule has 0 saturated heterocycles. The standard InChI is InChI=1S/C7H7NS2/c1-2-6(9-3-1)7-4-8-5-10-7/h2,4-5H,1,3H2. The van der Waals surface area contributed by atoms with Gasteiger partial charge in [-0.05, 0) is 6.42 Å². The normalized spacial score (nSPS) is 17.4. The van der Waals surface area contributed by atoms with E-state index in [4.69, 9.17) is 0 Å². The van der Waals surface area contributed by atoms with Gasteiger partial charge in [-0.1, -0.05) is 6.08 Å². The van der Waals surface area contributed by atoms with Crippen molar-refractivity contribution in [1.82, 2.24) is 4.98 Å². The number of aromatic nitrogens is 1. The number of nitrogens with zero attached hydrogens (tertiary/aromatic N) is 1. The number of thioether (sulfide) groups is 1. The number of rotatable bonds is 1. The van der Waals surface area contributed by atoms with E-state index in [0.717, 1.165) is 0 Å². The van der Waals surface area contributed by atoms with Crippen LogP contribution in [0.1, 0.15) is 11.3 Å². The van der Waals surface area contributed by atoms with Gasteiger partial charge < -0.3 is 0 Å². The molecule has 2 heterocycles. The van der Waals surface area contributed by atoms with Crippen LogP contribution in [0.15, 0.2) is 17.8 Å². The molecule has 1 aliphatic rings. The van der Waals surface area contributed by atoms with Crippen LogP contribution in [-0.4, -0.2) is 10.7 Å². The van der Waals surface area contributed by atoms with Crippen LogP contribution in [0.4, 0.5) is 0 Å². The van der Waals surface area contributed by atoms with Gasteiger partial charge in [-0.2, -0.15) is 0 Å². The highest BCUT2D eigenvalue weighted by atomic mass is 32.2. The molecule has 1 nitrogen and oxygen atoms in total. The Hall–Kier alpha value is -0.280. The largest absolute Gasteiger partial charge is 0.252 e. The molecular weight excluding hydrogens is 162 g/mol. The predicted molar refractivity (Wildman–Crippen MR) is 47.2 cm³/mol. The monoisotopic (exact) mass is 169 g/mol. The Morgan fingerprint density at radius 3 is 3.10 bits per heavy atom. The summed E-state index contributed by atoms with van der Waals surface area (Å²) in [5.41, 5.74) is 1.88. The lowest BCUT2D eigenvalue weighted by Gasteiger charge is -1.91. The Labute approximate surface area is 68.2 Å². The molecule has 0 bridgehead atoms. The van der Waals surface area contributed by atoms with Crippen LogP contribution < -0.4 is 0 Å². The minimum atomic E-state index is 1.22. The van der Waals surface area contributed by atoms with Crippen LogP contribution >= 0.6 is 23.1 Å². The van der Waals surface area contributed by atoms with Crippen LogP contribution in [0.25, 0.3) is 4.91 Å². The molecule has 0 fully saturated rings. The van der Waals surface area contributed by atoms with Crippen molar-refractivity contribution in [2.24, 2.45) is 0 Å². The SMILES string of the molecule is C1=C(c2cncs2)SCC1. The van der Waals surface area contributed by atoms with Crippen LogP contribution in [0, 0.1) is 0 Å². The van der Waals surface area contributed by atoms with Crippen LogP contribution in [0.3, 0.4) is 0 Å². The molecule has 0 atom stereocenters. The quantitative estimate of drug-likeness (QED) is 0.641. The maximum Gasteiger partial charge on any atom is 0.0798 e. The van der Waals surface area contributed by atoms with Gasteiger partial charge in [0.05, 0.1) is 10.4 Å². The van der Waals surface area contributed by atoms with Crippen molar-refractivity contribution in [3.05, 3.63) is 22.7 Å². The van der Waals surface area contributed by atoms with Crippen molar-refractivity contribution in [2.75, 3.05) is 5.75 Å². The highest BCUT2D eigenvalue weighted by Crippen LogP contribution is 2.35. The summed E-state index contributed by atoms with van der Waals surface area (Å²) in [7, 11) is 0. The summed E-state index contributed by atoms with van der Waals surface area (Å²) >= 11 is 3.65. The molecule has 1 aromatic heterocycles. The molecule has 3 heteroatoms. The minimum absolute atomic E-state index is 1.22. The Morgan fingerprint density at radius 2 is 2.50 bits per heavy atom. The third-order valence-electron chi connectivity index (χ3n) is 1.38. The first-order valence-corrected chi connectivity index (χ1v) is 5.05. The number of thiazole rings is 1. The fraction of sp³-hybridized carbons (Fsp3) is 0.286. The van der Waals surface area contributed by atoms with Gasteiger partial charge in [0.1, 0.15) is 0 Å². The molecule has 1 aromatic rings. The minimum Gasteiger partial charge on any atom is -0.252 e. The van der Waals surface area contributed by atoms with Gasteiger partial charge in [0.2, 0.25) is 0 Å². The van der Waals surface area contributed by atoms with Gasteiger partial charge in [-0.3, -0.25) is 4.98 Å². The Kier molecular flexibility index (Phi) is 1.78. The zero-order valence-corrected chi connectivity index (χ0v) is 7.04. The third-order valence-corrected chi connectivity index (χ3v) is 3.45. The van der Waals surface area contributed by atoms with Crippen molar-refractivity contribution < 1.29 is 0 Å². The molecule has 0 amide bonds. The summed E-state index contributed by atoms with van der Waals surface area (Å²) in [5.74, 6) is 1.24. The van der Waals surface area contributed by atoms with Crippen molar-refractivity contribution in [1.29, 1.82) is 0 Å². The molecule has 1 aliphatic heterocycles. The van der Waals surface area contributed by atoms with E-state index in [1.54, 1.807) is 11.3 Å². The Balaban J connectivity index is 2.28. The zero-order valence-electron chi connectivity index (χ0n) is 5.41. The lowest BCUT2D eigenvalue weighted by Crippen LogP contribution is -1.65. The van der Waals surface area contributed by atoms with Crippen molar-refractivity contribution in [3.63, 3.8) is 0 Å². The second-order valence-electron chi connectivity index (χ2n) is 2.07. The summed E-state index contributed by atoms with van der Waals surface area (Å²) < 4.78 is 0. The van der Waals surface area contributed by atoms with Crippen LogP contribution in [0.5, 0.6) is 0 Å². The van der Waals surface area contributed by atoms with Gasteiger partial charge >= 0.3 is 0 Å². The van der Waals surface area contributed by atoms with Gasteiger partial charge in [-0.25, -0.2) is 0 Å². The first kappa shape index (κ1) is 6.43. The van der Waals surface area contributed by atoms with E-state index in [1.807, 2.05) is 23.5 Å². The molecule has 0 unspecified atom stereocenters. The van der Waals surface area contributed by atoms with E-state index in [9.17, 15) is 0 Å². The average molecular weight is 169 g/mol. The van der Waals surface area contributed by atoms with E-state index < -0.39 is 0 Å². The fourth-order valence-corrected chi connectivity index (χ4v) is 2.69. The van der Waals surface area contributed by atoms with Crippen molar-refractivity contribution in [3.8, 4) is 0 Å². The molecule has 0 saturated carbocycles. The van der Waals surface area contributed by atoms with E-state index in [1.165, 1.54) is 22.0 Å². The molecule has 0 spiro atoms. The summed E-state index contributed by atoms with van der Waals surface area (Å²) in [6.07, 6.45) is 5.45. The third kappa shape index (κ3) is 1.11. The molecule has 2 rings (SSSR count). The zero-order chi connectivity index (χ0) is 6.81. The second kappa shape index (κ2) is 2.76. The van der Waals surface area contributed by atoms with Gasteiger partial charge in [0, 0.05) is 16.9 Å². The summed E-state index contributed by atoms with van der Waals surface area (Å²) in [6.45, 7) is 0. The average Bonchev–Trinajstić information content (AvgIpc) is 2.59. The summed E-state index contributed by atoms with van der Waals surface area (Å²) in [5, 5.41) is 0. The first-order chi connectivity index (χ1) is 4.97. The molecule has 0 aliphatic carbocycles. The highest BCUT2D eigenvalue weighted by Gasteiger charge is 2.07. The van der Waals surface area contributed by atoms with Gasteiger partial charge in [-0.15, -0.1) is 23.1 Å². The number of hydrogen-bond acceptors (Lipinski definition) is 3.